The van der Waals surface area contributed by atoms with Crippen LogP contribution < -0.4 is 10.1 Å². The minimum absolute atomic E-state index is 0.0296. The number of urea groups is 1. The number of amides is 2. The molecule has 2 N–H and O–H groups in total. The highest BCUT2D eigenvalue weighted by Crippen LogP contribution is 2.28. The van der Waals surface area contributed by atoms with Crippen molar-refractivity contribution in [2.45, 2.75) is 50.8 Å². The van der Waals surface area contributed by atoms with Gasteiger partial charge in [-0.05, 0) is 62.9 Å². The van der Waals surface area contributed by atoms with E-state index in [9.17, 15) is 9.90 Å². The predicted octanol–water partition coefficient (Wildman–Crippen LogP) is 2.22. The topological polar surface area (TPSA) is 65.0 Å². The van der Waals surface area contributed by atoms with Crippen LogP contribution in [0.1, 0.15) is 37.7 Å². The van der Waals surface area contributed by atoms with E-state index in [4.69, 9.17) is 4.74 Å². The van der Waals surface area contributed by atoms with Crippen molar-refractivity contribution >= 4 is 6.03 Å². The molecule has 2 aliphatic rings. The van der Waals surface area contributed by atoms with Gasteiger partial charge in [-0.3, -0.25) is 0 Å². The van der Waals surface area contributed by atoms with E-state index in [1.165, 1.54) is 0 Å². The number of rotatable bonds is 8. The van der Waals surface area contributed by atoms with Crippen molar-refractivity contribution < 1.29 is 14.6 Å². The van der Waals surface area contributed by atoms with Gasteiger partial charge in [0.2, 0.25) is 0 Å². The molecule has 144 valence electrons. The summed E-state index contributed by atoms with van der Waals surface area (Å²) in [4.78, 5) is 16.8. The second kappa shape index (κ2) is 9.24. The van der Waals surface area contributed by atoms with Crippen molar-refractivity contribution in [3.05, 3.63) is 29.8 Å². The molecule has 2 fully saturated rings. The summed E-state index contributed by atoms with van der Waals surface area (Å²) >= 11 is 0. The summed E-state index contributed by atoms with van der Waals surface area (Å²) in [5.74, 6) is 0.832. The molecule has 6 heteroatoms. The van der Waals surface area contributed by atoms with Gasteiger partial charge in [-0.2, -0.15) is 0 Å². The van der Waals surface area contributed by atoms with Crippen LogP contribution in [-0.4, -0.2) is 66.4 Å². The van der Waals surface area contributed by atoms with Gasteiger partial charge >= 0.3 is 6.03 Å². The Bertz CT molecular complexity index is 574. The van der Waals surface area contributed by atoms with Crippen LogP contribution in [0, 0.1) is 0 Å². The number of β-amino-alcohol motifs (C(OH)–C–C–N with tert-alkyl or cyclic N) is 1. The molecular formula is C20H31N3O3. The number of nitrogens with one attached hydrogen (secondary N) is 1. The Morgan fingerprint density at radius 3 is 2.73 bits per heavy atom. The number of likely N-dealkylation sites (tertiary alicyclic amines) is 1. The average Bonchev–Trinajstić information content (AvgIpc) is 3.49. The lowest BCUT2D eigenvalue weighted by molar-refractivity contribution is 0.0701. The second-order valence-corrected chi connectivity index (χ2v) is 7.39. The number of aliphatic hydroxyl groups excluding tert-OH is 1. The fourth-order valence-corrected chi connectivity index (χ4v) is 3.51. The fourth-order valence-electron chi connectivity index (χ4n) is 3.51. The zero-order valence-electron chi connectivity index (χ0n) is 15.7. The molecule has 1 aromatic carbocycles. The van der Waals surface area contributed by atoms with E-state index in [-0.39, 0.29) is 12.1 Å². The lowest BCUT2D eigenvalue weighted by atomic mass is 10.1. The first-order valence-corrected chi connectivity index (χ1v) is 9.73. The third-order valence-corrected chi connectivity index (χ3v) is 5.17. The molecule has 1 saturated carbocycles. The molecule has 1 aliphatic heterocycles. The van der Waals surface area contributed by atoms with Gasteiger partial charge in [0.15, 0.2) is 0 Å². The number of aliphatic hydroxyl groups is 1. The molecule has 0 spiro atoms. The van der Waals surface area contributed by atoms with Crippen molar-refractivity contribution in [1.82, 2.24) is 15.1 Å². The van der Waals surface area contributed by atoms with E-state index in [2.05, 4.69) is 10.2 Å². The van der Waals surface area contributed by atoms with Crippen molar-refractivity contribution in [3.8, 4) is 5.75 Å². The zero-order valence-corrected chi connectivity index (χ0v) is 15.7. The first-order valence-electron chi connectivity index (χ1n) is 9.73. The number of ether oxygens (including phenoxy) is 1. The van der Waals surface area contributed by atoms with Crippen LogP contribution in [0.15, 0.2) is 24.3 Å². The summed E-state index contributed by atoms with van der Waals surface area (Å²) in [7, 11) is 1.66. The third kappa shape index (κ3) is 5.61. The summed E-state index contributed by atoms with van der Waals surface area (Å²) < 4.78 is 5.19. The van der Waals surface area contributed by atoms with E-state index >= 15 is 0 Å². The SMILES string of the molecule is COc1ccc(CN(C(=O)NCCCN2CCC[C@H](O)C2)C2CC2)cc1. The molecule has 0 radical (unpaired) electrons. The van der Waals surface area contributed by atoms with Crippen molar-refractivity contribution in [3.63, 3.8) is 0 Å². The summed E-state index contributed by atoms with van der Waals surface area (Å²) in [5.41, 5.74) is 1.12. The first kappa shape index (κ1) is 19.0. The van der Waals surface area contributed by atoms with Crippen LogP contribution in [0.4, 0.5) is 4.79 Å². The van der Waals surface area contributed by atoms with Gasteiger partial charge in [-0.25, -0.2) is 4.79 Å². The molecule has 0 aromatic heterocycles. The molecule has 1 aliphatic carbocycles. The Hall–Kier alpha value is -1.79. The van der Waals surface area contributed by atoms with Crippen LogP contribution in [0.2, 0.25) is 0 Å². The van der Waals surface area contributed by atoms with Crippen molar-refractivity contribution in [2.24, 2.45) is 0 Å². The normalized spacial score (nSPS) is 20.6. The largest absolute Gasteiger partial charge is 0.497 e. The quantitative estimate of drug-likeness (QED) is 0.697. The Morgan fingerprint density at radius 2 is 2.08 bits per heavy atom. The molecule has 0 unspecified atom stereocenters. The average molecular weight is 361 g/mol. The van der Waals surface area contributed by atoms with E-state index < -0.39 is 0 Å². The Kier molecular flexibility index (Phi) is 6.74. The van der Waals surface area contributed by atoms with Crippen LogP contribution >= 0.6 is 0 Å². The van der Waals surface area contributed by atoms with Gasteiger partial charge in [-0.15, -0.1) is 0 Å². The summed E-state index contributed by atoms with van der Waals surface area (Å²) in [5, 5.41) is 12.8. The Labute approximate surface area is 156 Å². The molecule has 1 aromatic rings. The van der Waals surface area contributed by atoms with E-state index in [1.54, 1.807) is 7.11 Å². The number of methoxy groups -OCH3 is 1. The van der Waals surface area contributed by atoms with E-state index in [1.807, 2.05) is 29.2 Å². The number of hydrogen-bond acceptors (Lipinski definition) is 4. The molecule has 3 rings (SSSR count). The fraction of sp³-hybridized carbons (Fsp3) is 0.650. The van der Waals surface area contributed by atoms with Crippen molar-refractivity contribution in [1.29, 1.82) is 0 Å². The zero-order chi connectivity index (χ0) is 18.4. The molecule has 6 nitrogen and oxygen atoms in total. The molecular weight excluding hydrogens is 330 g/mol. The number of carbonyl (C=O) groups excluding carboxylic acids is 1. The first-order chi connectivity index (χ1) is 12.7. The van der Waals surface area contributed by atoms with Gasteiger partial charge in [0.25, 0.3) is 0 Å². The minimum Gasteiger partial charge on any atom is -0.497 e. The number of benzene rings is 1. The van der Waals surface area contributed by atoms with Crippen LogP contribution in [0.3, 0.4) is 0 Å². The van der Waals surface area contributed by atoms with E-state index in [0.29, 0.717) is 19.1 Å². The third-order valence-electron chi connectivity index (χ3n) is 5.17. The number of carbonyl (C=O) groups is 1. The molecule has 1 saturated heterocycles. The van der Waals surface area contributed by atoms with Gasteiger partial charge in [0.05, 0.1) is 13.2 Å². The summed E-state index contributed by atoms with van der Waals surface area (Å²) in [6.45, 7) is 4.06. The summed E-state index contributed by atoms with van der Waals surface area (Å²) in [6, 6.07) is 8.31. The highest BCUT2D eigenvalue weighted by atomic mass is 16.5. The van der Waals surface area contributed by atoms with Crippen LogP contribution in [0.25, 0.3) is 0 Å². The van der Waals surface area contributed by atoms with Gasteiger partial charge in [0, 0.05) is 25.7 Å². The lowest BCUT2D eigenvalue weighted by Gasteiger charge is -2.30. The highest BCUT2D eigenvalue weighted by molar-refractivity contribution is 5.74. The maximum absolute atomic E-state index is 12.6. The Balaban J connectivity index is 1.42. The van der Waals surface area contributed by atoms with Gasteiger partial charge < -0.3 is 25.0 Å². The predicted molar refractivity (Wildman–Crippen MR) is 101 cm³/mol. The molecule has 0 bridgehead atoms. The highest BCUT2D eigenvalue weighted by Gasteiger charge is 2.32. The molecule has 2 amide bonds. The van der Waals surface area contributed by atoms with Gasteiger partial charge in [0.1, 0.15) is 5.75 Å². The summed E-state index contributed by atoms with van der Waals surface area (Å²) in [6.07, 6.45) is 4.89. The monoisotopic (exact) mass is 361 g/mol. The van der Waals surface area contributed by atoms with Crippen molar-refractivity contribution in [2.75, 3.05) is 33.3 Å². The minimum atomic E-state index is -0.187. The number of hydrogen-bond donors (Lipinski definition) is 2. The second-order valence-electron chi connectivity index (χ2n) is 7.39. The van der Waals surface area contributed by atoms with Gasteiger partial charge in [-0.1, -0.05) is 12.1 Å². The Morgan fingerprint density at radius 1 is 1.31 bits per heavy atom. The standard InChI is InChI=1S/C20H31N3O3/c1-26-19-9-5-16(6-10-19)14-23(17-7-8-17)20(25)21-11-3-13-22-12-2-4-18(24)15-22/h5-6,9-10,17-18,24H,2-4,7-8,11-15H2,1H3,(H,21,25)/t18-/m0/s1. The maximum atomic E-state index is 12.6. The van der Waals surface area contributed by atoms with Crippen LogP contribution in [-0.2, 0) is 6.54 Å². The van der Waals surface area contributed by atoms with Crippen LogP contribution in [0.5, 0.6) is 5.75 Å². The lowest BCUT2D eigenvalue weighted by Crippen LogP contribution is -2.43. The molecule has 1 heterocycles. The molecule has 26 heavy (non-hydrogen) atoms. The number of piperidine rings is 1. The maximum Gasteiger partial charge on any atom is 0.317 e. The smallest absolute Gasteiger partial charge is 0.317 e. The molecule has 1 atom stereocenters. The van der Waals surface area contributed by atoms with E-state index in [0.717, 1.165) is 63.1 Å². The number of nitrogens with zero attached hydrogens (tertiary/aromatic N) is 2.